The summed E-state index contributed by atoms with van der Waals surface area (Å²) < 4.78 is 33.0. The quantitative estimate of drug-likeness (QED) is 0.672. The van der Waals surface area contributed by atoms with Gasteiger partial charge in [-0.05, 0) is 33.2 Å². The molecular formula is C12H22N4O3S. The van der Waals surface area contributed by atoms with Crippen molar-refractivity contribution in [1.82, 2.24) is 20.2 Å². The summed E-state index contributed by atoms with van der Waals surface area (Å²) in [5, 5.41) is 9.68. The van der Waals surface area contributed by atoms with Crippen LogP contribution in [0.1, 0.15) is 30.7 Å². The van der Waals surface area contributed by atoms with Crippen molar-refractivity contribution >= 4 is 10.0 Å². The molecule has 7 nitrogen and oxygen atoms in total. The number of hydrogen-bond donors (Lipinski definition) is 3. The summed E-state index contributed by atoms with van der Waals surface area (Å²) >= 11 is 0. The van der Waals surface area contributed by atoms with Gasteiger partial charge in [0.1, 0.15) is 4.90 Å². The molecule has 1 aliphatic carbocycles. The van der Waals surface area contributed by atoms with Gasteiger partial charge in [-0.25, -0.2) is 13.1 Å². The van der Waals surface area contributed by atoms with E-state index in [1.54, 1.807) is 21.1 Å². The van der Waals surface area contributed by atoms with Gasteiger partial charge in [0, 0.05) is 20.2 Å². The first-order valence-electron chi connectivity index (χ1n) is 6.67. The number of sulfonamides is 1. The van der Waals surface area contributed by atoms with Crippen LogP contribution in [-0.2, 0) is 21.3 Å². The first-order chi connectivity index (χ1) is 9.44. The van der Waals surface area contributed by atoms with Gasteiger partial charge in [-0.15, -0.1) is 0 Å². The zero-order valence-corrected chi connectivity index (χ0v) is 12.9. The van der Waals surface area contributed by atoms with Gasteiger partial charge < -0.3 is 10.1 Å². The number of H-pyrrole nitrogens is 1. The molecule has 0 aromatic carbocycles. The summed E-state index contributed by atoms with van der Waals surface area (Å²) in [4.78, 5) is 0.234. The molecule has 0 unspecified atom stereocenters. The Labute approximate surface area is 119 Å². The van der Waals surface area contributed by atoms with Gasteiger partial charge in [0.25, 0.3) is 0 Å². The van der Waals surface area contributed by atoms with E-state index in [2.05, 4.69) is 20.2 Å². The Balaban J connectivity index is 2.16. The van der Waals surface area contributed by atoms with Crippen LogP contribution in [0.15, 0.2) is 4.90 Å². The maximum atomic E-state index is 12.5. The van der Waals surface area contributed by atoms with E-state index in [1.165, 1.54) is 0 Å². The van der Waals surface area contributed by atoms with Gasteiger partial charge in [-0.2, -0.15) is 5.10 Å². The zero-order chi connectivity index (χ0) is 14.8. The van der Waals surface area contributed by atoms with E-state index >= 15 is 0 Å². The summed E-state index contributed by atoms with van der Waals surface area (Å²) in [6.07, 6.45) is 2.85. The standard InChI is InChI=1S/C12H22N4O3S/c1-9-11(10(7-13-2)16-15-9)20(17,18)14-8-12(19-3)5-4-6-12/h13-14H,4-8H2,1-3H3,(H,15,16). The van der Waals surface area contributed by atoms with Gasteiger partial charge in [-0.1, -0.05) is 0 Å². The monoisotopic (exact) mass is 302 g/mol. The molecule has 20 heavy (non-hydrogen) atoms. The molecular weight excluding hydrogens is 280 g/mol. The fourth-order valence-corrected chi connectivity index (χ4v) is 3.91. The Morgan fingerprint density at radius 1 is 1.45 bits per heavy atom. The number of hydrogen-bond acceptors (Lipinski definition) is 5. The number of nitrogens with one attached hydrogen (secondary N) is 3. The minimum Gasteiger partial charge on any atom is -0.377 e. The predicted molar refractivity (Wildman–Crippen MR) is 74.9 cm³/mol. The molecule has 1 aromatic heterocycles. The average molecular weight is 302 g/mol. The Morgan fingerprint density at radius 2 is 2.15 bits per heavy atom. The molecule has 0 atom stereocenters. The maximum Gasteiger partial charge on any atom is 0.244 e. The third-order valence-electron chi connectivity index (χ3n) is 3.86. The molecule has 0 aliphatic heterocycles. The molecule has 0 saturated heterocycles. The summed E-state index contributed by atoms with van der Waals surface area (Å²) in [5.74, 6) is 0. The van der Waals surface area contributed by atoms with E-state index in [9.17, 15) is 8.42 Å². The zero-order valence-electron chi connectivity index (χ0n) is 12.1. The number of nitrogens with zero attached hydrogens (tertiary/aromatic N) is 1. The first kappa shape index (κ1) is 15.4. The third-order valence-corrected chi connectivity index (χ3v) is 5.46. The van der Waals surface area contributed by atoms with E-state index in [-0.39, 0.29) is 10.5 Å². The Kier molecular flexibility index (Phi) is 4.48. The fraction of sp³-hybridized carbons (Fsp3) is 0.750. The summed E-state index contributed by atoms with van der Waals surface area (Å²) in [6, 6.07) is 0. The van der Waals surface area contributed by atoms with E-state index < -0.39 is 10.0 Å². The lowest BCUT2D eigenvalue weighted by Gasteiger charge is -2.40. The fourth-order valence-electron chi connectivity index (χ4n) is 2.44. The van der Waals surface area contributed by atoms with Gasteiger partial charge in [0.15, 0.2) is 0 Å². The van der Waals surface area contributed by atoms with Crippen LogP contribution in [0.3, 0.4) is 0 Å². The van der Waals surface area contributed by atoms with E-state index in [0.717, 1.165) is 19.3 Å². The van der Waals surface area contributed by atoms with Gasteiger partial charge in [0.05, 0.1) is 17.0 Å². The molecule has 114 valence electrons. The molecule has 1 aliphatic rings. The maximum absolute atomic E-state index is 12.5. The summed E-state index contributed by atoms with van der Waals surface area (Å²) in [5.41, 5.74) is 0.703. The number of aromatic nitrogens is 2. The normalized spacial score (nSPS) is 17.9. The van der Waals surface area contributed by atoms with Crippen LogP contribution in [0.2, 0.25) is 0 Å². The molecule has 1 saturated carbocycles. The van der Waals surface area contributed by atoms with Crippen LogP contribution in [0.4, 0.5) is 0 Å². The second kappa shape index (κ2) is 5.80. The molecule has 3 N–H and O–H groups in total. The second-order valence-corrected chi connectivity index (χ2v) is 6.92. The molecule has 1 aromatic rings. The molecule has 8 heteroatoms. The molecule has 0 bridgehead atoms. The van der Waals surface area contributed by atoms with Crippen molar-refractivity contribution in [2.24, 2.45) is 0 Å². The van der Waals surface area contributed by atoms with Crippen molar-refractivity contribution in [2.75, 3.05) is 20.7 Å². The lowest BCUT2D eigenvalue weighted by Crippen LogP contribution is -2.49. The minimum atomic E-state index is -3.58. The van der Waals surface area contributed by atoms with Crippen LogP contribution in [0, 0.1) is 6.92 Å². The molecule has 0 radical (unpaired) electrons. The lowest BCUT2D eigenvalue weighted by atomic mass is 9.80. The Hall–Kier alpha value is -0.960. The Morgan fingerprint density at radius 3 is 2.65 bits per heavy atom. The van der Waals surface area contributed by atoms with Crippen molar-refractivity contribution in [2.45, 2.75) is 43.2 Å². The number of ether oxygens (including phenoxy) is 1. The molecule has 1 fully saturated rings. The van der Waals surface area contributed by atoms with E-state index in [1.807, 2.05) is 0 Å². The van der Waals surface area contributed by atoms with Gasteiger partial charge in [-0.3, -0.25) is 5.10 Å². The largest absolute Gasteiger partial charge is 0.377 e. The third kappa shape index (κ3) is 2.88. The van der Waals surface area contributed by atoms with Gasteiger partial charge >= 0.3 is 0 Å². The van der Waals surface area contributed by atoms with Crippen LogP contribution >= 0.6 is 0 Å². The van der Waals surface area contributed by atoms with Crippen LogP contribution in [0.5, 0.6) is 0 Å². The van der Waals surface area contributed by atoms with Gasteiger partial charge in [0.2, 0.25) is 10.0 Å². The van der Waals surface area contributed by atoms with Crippen molar-refractivity contribution in [3.63, 3.8) is 0 Å². The van der Waals surface area contributed by atoms with Crippen LogP contribution < -0.4 is 10.0 Å². The van der Waals surface area contributed by atoms with Crippen molar-refractivity contribution in [1.29, 1.82) is 0 Å². The highest BCUT2D eigenvalue weighted by Gasteiger charge is 2.38. The van der Waals surface area contributed by atoms with E-state index in [4.69, 9.17) is 4.74 Å². The van der Waals surface area contributed by atoms with Crippen LogP contribution in [-0.4, -0.2) is 44.9 Å². The SMILES string of the molecule is CNCc1n[nH]c(C)c1S(=O)(=O)NCC1(OC)CCC1. The lowest BCUT2D eigenvalue weighted by molar-refractivity contribution is -0.0659. The van der Waals surface area contributed by atoms with Crippen molar-refractivity contribution in [3.8, 4) is 0 Å². The molecule has 2 rings (SSSR count). The average Bonchev–Trinajstić information content (AvgIpc) is 2.71. The minimum absolute atomic E-state index is 0.234. The summed E-state index contributed by atoms with van der Waals surface area (Å²) in [6.45, 7) is 2.40. The smallest absolute Gasteiger partial charge is 0.244 e. The van der Waals surface area contributed by atoms with Crippen molar-refractivity contribution < 1.29 is 13.2 Å². The summed E-state index contributed by atoms with van der Waals surface area (Å²) in [7, 11) is -0.204. The number of aryl methyl sites for hydroxylation is 1. The second-order valence-electron chi connectivity index (χ2n) is 5.22. The highest BCUT2D eigenvalue weighted by Crippen LogP contribution is 2.34. The number of rotatable bonds is 7. The highest BCUT2D eigenvalue weighted by atomic mass is 32.2. The molecule has 0 spiro atoms. The number of methoxy groups -OCH3 is 1. The predicted octanol–water partition coefficient (Wildman–Crippen LogP) is 0.285. The molecule has 1 heterocycles. The van der Waals surface area contributed by atoms with Crippen molar-refractivity contribution in [3.05, 3.63) is 11.4 Å². The van der Waals surface area contributed by atoms with Crippen LogP contribution in [0.25, 0.3) is 0 Å². The Bertz CT molecular complexity index is 558. The van der Waals surface area contributed by atoms with E-state index in [0.29, 0.717) is 24.5 Å². The topological polar surface area (TPSA) is 96.1 Å². The first-order valence-corrected chi connectivity index (χ1v) is 8.16. The molecule has 0 amide bonds. The number of aromatic amines is 1. The highest BCUT2D eigenvalue weighted by molar-refractivity contribution is 7.89.